The molecule has 8 atom stereocenters. The lowest BCUT2D eigenvalue weighted by Gasteiger charge is -2.35. The van der Waals surface area contributed by atoms with Crippen LogP contribution in [0, 0.1) is 23.7 Å². The van der Waals surface area contributed by atoms with E-state index in [1.54, 1.807) is 0 Å². The number of benzene rings is 2. The number of alkyl carbamates (subject to hydrolysis) is 2. The van der Waals surface area contributed by atoms with Crippen molar-refractivity contribution in [1.82, 2.24) is 40.4 Å². The van der Waals surface area contributed by atoms with Gasteiger partial charge in [0.1, 0.15) is 35.1 Å². The van der Waals surface area contributed by atoms with E-state index in [0.29, 0.717) is 63.9 Å². The fourth-order valence-electron chi connectivity index (χ4n) is 11.1. The van der Waals surface area contributed by atoms with Gasteiger partial charge in [-0.05, 0) is 105 Å². The minimum absolute atomic E-state index is 0.0298. The fourth-order valence-corrected chi connectivity index (χ4v) is 11.1. The number of hydrogen-bond donors (Lipinski definition) is 4. The Kier molecular flexibility index (Phi) is 10.8. The standard InChI is InChI=1S/C48H54N8O9/c1-61-47(59)53-41(27-9-13-63-14-10-27)45(57)55-35-18-30(35)20-37(55)43-49-23-33(51-43)25-3-5-26(6-4-25)40-22-32-17-29(7-8-39(32)65-40)34-24-50-44(52-34)38-21-31-19-36(31)56(38)46(58)42(54-48(60)62-2)28-11-15-64-16-12-28/h3-8,17,22-24,27-28,30-31,35-38,41-42H,9-16,18-21H2,1-2H3,(H,49,51)(H,50,52)(H,53,59)(H,54,60)/t30-,31-,35-,36-,37?,38+,41+,42+/m1/s1. The Hall–Kier alpha value is -6.20. The number of ether oxygens (including phenoxy) is 4. The first-order valence-electron chi connectivity index (χ1n) is 23.0. The minimum Gasteiger partial charge on any atom is -0.456 e. The van der Waals surface area contributed by atoms with Crippen LogP contribution in [0.1, 0.15) is 75.1 Å². The summed E-state index contributed by atoms with van der Waals surface area (Å²) in [6.07, 6.45) is 8.84. The maximum atomic E-state index is 14.3. The summed E-state index contributed by atoms with van der Waals surface area (Å²) in [5, 5.41) is 6.64. The Morgan fingerprint density at radius 3 is 1.85 bits per heavy atom. The van der Waals surface area contributed by atoms with Crippen LogP contribution in [0.3, 0.4) is 0 Å². The molecule has 7 heterocycles. The number of H-pyrrole nitrogens is 2. The summed E-state index contributed by atoms with van der Waals surface area (Å²) in [6, 6.07) is 14.7. The zero-order valence-electron chi connectivity index (χ0n) is 36.5. The molecule has 0 radical (unpaired) electrons. The zero-order chi connectivity index (χ0) is 44.3. The molecule has 17 nitrogen and oxygen atoms in total. The molecule has 0 spiro atoms. The summed E-state index contributed by atoms with van der Waals surface area (Å²) < 4.78 is 27.3. The van der Waals surface area contributed by atoms with Crippen molar-refractivity contribution in [3.05, 3.63) is 72.6 Å². The van der Waals surface area contributed by atoms with Crippen molar-refractivity contribution < 1.29 is 42.5 Å². The molecule has 4 amide bonds. The van der Waals surface area contributed by atoms with E-state index < -0.39 is 24.3 Å². The Balaban J connectivity index is 0.776. The number of nitrogens with zero attached hydrogens (tertiary/aromatic N) is 4. The third-order valence-corrected chi connectivity index (χ3v) is 14.8. The number of carbonyl (C=O) groups excluding carboxylic acids is 4. The van der Waals surface area contributed by atoms with Gasteiger partial charge in [0.15, 0.2) is 0 Å². The number of furan rings is 1. The van der Waals surface area contributed by atoms with Crippen molar-refractivity contribution in [3.8, 4) is 33.8 Å². The van der Waals surface area contributed by atoms with E-state index in [1.807, 2.05) is 64.7 Å². The number of aromatic amines is 2. The van der Waals surface area contributed by atoms with Crippen LogP contribution >= 0.6 is 0 Å². The van der Waals surface area contributed by atoms with Crippen molar-refractivity contribution in [2.45, 2.75) is 87.6 Å². The van der Waals surface area contributed by atoms with E-state index >= 15 is 0 Å². The van der Waals surface area contributed by atoms with Crippen LogP contribution in [0.15, 0.2) is 65.3 Å². The van der Waals surface area contributed by atoms with Crippen LogP contribution in [-0.2, 0) is 28.5 Å². The number of piperidine rings is 2. The number of imidazole rings is 2. The lowest BCUT2D eigenvalue weighted by atomic mass is 9.90. The van der Waals surface area contributed by atoms with Gasteiger partial charge in [0, 0.05) is 61.2 Å². The second-order valence-corrected chi connectivity index (χ2v) is 18.5. The molecule has 6 aliphatic rings. The van der Waals surface area contributed by atoms with Gasteiger partial charge in [-0.15, -0.1) is 0 Å². The molecule has 4 N–H and O–H groups in total. The van der Waals surface area contributed by atoms with Crippen molar-refractivity contribution in [2.24, 2.45) is 23.7 Å². The lowest BCUT2D eigenvalue weighted by Crippen LogP contribution is -2.54. The predicted octanol–water partition coefficient (Wildman–Crippen LogP) is 6.51. The van der Waals surface area contributed by atoms with E-state index in [9.17, 15) is 19.2 Å². The van der Waals surface area contributed by atoms with Gasteiger partial charge < -0.3 is 53.8 Å². The lowest BCUT2D eigenvalue weighted by molar-refractivity contribution is -0.138. The highest BCUT2D eigenvalue weighted by Crippen LogP contribution is 2.55. The third-order valence-electron chi connectivity index (χ3n) is 14.8. The molecule has 0 bridgehead atoms. The summed E-state index contributed by atoms with van der Waals surface area (Å²) in [5.74, 6) is 2.82. The smallest absolute Gasteiger partial charge is 0.407 e. The number of likely N-dealkylation sites (tertiary alicyclic amines) is 2. The largest absolute Gasteiger partial charge is 0.456 e. The molecular weight excluding hydrogens is 833 g/mol. The molecule has 2 saturated carbocycles. The Morgan fingerprint density at radius 1 is 0.708 bits per heavy atom. The molecule has 17 heteroatoms. The average Bonchev–Trinajstić information content (AvgIpc) is 3.80. The van der Waals surface area contributed by atoms with Gasteiger partial charge in [0.05, 0.1) is 43.9 Å². The van der Waals surface area contributed by atoms with Crippen LogP contribution in [0.2, 0.25) is 0 Å². The molecule has 2 aromatic carbocycles. The van der Waals surface area contributed by atoms with Gasteiger partial charge in [-0.3, -0.25) is 9.59 Å². The maximum absolute atomic E-state index is 14.3. The van der Waals surface area contributed by atoms with E-state index in [4.69, 9.17) is 33.3 Å². The van der Waals surface area contributed by atoms with Gasteiger partial charge >= 0.3 is 12.2 Å². The van der Waals surface area contributed by atoms with Crippen LogP contribution in [0.4, 0.5) is 9.59 Å². The Morgan fingerprint density at radius 2 is 1.26 bits per heavy atom. The molecule has 4 aliphatic heterocycles. The van der Waals surface area contributed by atoms with Crippen LogP contribution in [0.5, 0.6) is 0 Å². The zero-order valence-corrected chi connectivity index (χ0v) is 36.5. The summed E-state index contributed by atoms with van der Waals surface area (Å²) >= 11 is 0. The molecule has 2 aliphatic carbocycles. The number of methoxy groups -OCH3 is 2. The fraction of sp³-hybridized carbons (Fsp3) is 0.500. The second-order valence-electron chi connectivity index (χ2n) is 18.5. The van der Waals surface area contributed by atoms with Crippen molar-refractivity contribution >= 4 is 35.0 Å². The first-order chi connectivity index (χ1) is 31.7. The highest BCUT2D eigenvalue weighted by atomic mass is 16.5. The molecule has 5 aromatic rings. The Bertz CT molecular complexity index is 2590. The molecule has 1 unspecified atom stereocenters. The van der Waals surface area contributed by atoms with Gasteiger partial charge in [-0.1, -0.05) is 24.3 Å². The predicted molar refractivity (Wildman–Crippen MR) is 235 cm³/mol. The highest BCUT2D eigenvalue weighted by molar-refractivity contribution is 5.89. The first kappa shape index (κ1) is 41.5. The van der Waals surface area contributed by atoms with Crippen LogP contribution < -0.4 is 10.6 Å². The maximum Gasteiger partial charge on any atom is 0.407 e. The highest BCUT2D eigenvalue weighted by Gasteiger charge is 2.58. The summed E-state index contributed by atoms with van der Waals surface area (Å²) in [5.41, 5.74) is 5.16. The third kappa shape index (κ3) is 7.91. The van der Waals surface area contributed by atoms with Crippen molar-refractivity contribution in [3.63, 3.8) is 0 Å². The molecule has 65 heavy (non-hydrogen) atoms. The summed E-state index contributed by atoms with van der Waals surface area (Å²) in [7, 11) is 2.63. The SMILES string of the molecule is COC(=O)N[C@H](C(=O)N1C(c2ncc(-c3ccc(-c4cc5cc(-c6c[nH]c([C@@H]7C[C@H]8C[C@H]8N7C(=O)[C@@H](NC(=O)OC)C7CCOCC7)n6)ccc5o4)cc3)[nH]2)C[C@H]2C[C@H]21)C1CCOCC1. The summed E-state index contributed by atoms with van der Waals surface area (Å²) in [4.78, 5) is 73.9. The van der Waals surface area contributed by atoms with E-state index in [1.165, 1.54) is 14.2 Å². The normalized spacial score (nSPS) is 26.0. The molecule has 6 fully saturated rings. The quantitative estimate of drug-likeness (QED) is 0.113. The number of fused-ring (bicyclic) bond motifs is 3. The number of nitrogens with one attached hydrogen (secondary N) is 4. The molecule has 3 aromatic heterocycles. The van der Waals surface area contributed by atoms with Crippen molar-refractivity contribution in [2.75, 3.05) is 40.6 Å². The van der Waals surface area contributed by atoms with Gasteiger partial charge in [0.2, 0.25) is 11.8 Å². The van der Waals surface area contributed by atoms with Crippen LogP contribution in [-0.4, -0.2) is 119 Å². The van der Waals surface area contributed by atoms with E-state index in [-0.39, 0.29) is 47.8 Å². The number of hydrogen-bond acceptors (Lipinski definition) is 11. The van der Waals surface area contributed by atoms with E-state index in [0.717, 1.165) is 82.1 Å². The summed E-state index contributed by atoms with van der Waals surface area (Å²) in [6.45, 7) is 2.23. The average molecular weight is 887 g/mol. The Labute approximate surface area is 375 Å². The van der Waals surface area contributed by atoms with Crippen molar-refractivity contribution in [1.29, 1.82) is 0 Å². The topological polar surface area (TPSA) is 206 Å². The molecule has 4 saturated heterocycles. The van der Waals surface area contributed by atoms with Gasteiger partial charge in [-0.25, -0.2) is 19.6 Å². The monoisotopic (exact) mass is 886 g/mol. The minimum atomic E-state index is -0.687. The first-order valence-corrected chi connectivity index (χ1v) is 23.0. The van der Waals surface area contributed by atoms with Gasteiger partial charge in [-0.2, -0.15) is 0 Å². The van der Waals surface area contributed by atoms with Gasteiger partial charge in [0.25, 0.3) is 0 Å². The number of rotatable bonds is 11. The van der Waals surface area contributed by atoms with E-state index in [2.05, 4.69) is 26.7 Å². The molecule has 340 valence electrons. The number of aromatic nitrogens is 4. The molecular formula is C48H54N8O9. The molecule has 11 rings (SSSR count). The second kappa shape index (κ2) is 17.0. The van der Waals surface area contributed by atoms with Crippen LogP contribution in [0.25, 0.3) is 44.8 Å². The number of carbonyl (C=O) groups is 4. The number of amides is 4.